The van der Waals surface area contributed by atoms with Crippen LogP contribution in [0.5, 0.6) is 23.0 Å². The summed E-state index contributed by atoms with van der Waals surface area (Å²) < 4.78 is 21.9. The van der Waals surface area contributed by atoms with Gasteiger partial charge in [-0.25, -0.2) is 0 Å². The molecule has 0 spiro atoms. The van der Waals surface area contributed by atoms with Gasteiger partial charge in [-0.15, -0.1) is 0 Å². The van der Waals surface area contributed by atoms with Gasteiger partial charge in [0.2, 0.25) is 0 Å². The van der Waals surface area contributed by atoms with Crippen LogP contribution in [0.2, 0.25) is 0 Å². The van der Waals surface area contributed by atoms with Gasteiger partial charge >= 0.3 is 0 Å². The Kier molecular flexibility index (Phi) is 16.3. The zero-order valence-corrected chi connectivity index (χ0v) is 48.4. The van der Waals surface area contributed by atoms with Crippen LogP contribution in [0.4, 0.5) is 62.6 Å². The van der Waals surface area contributed by atoms with Crippen molar-refractivity contribution in [1.29, 1.82) is 0 Å². The highest BCUT2D eigenvalue weighted by atomic mass is 16.5. The van der Waals surface area contributed by atoms with Crippen molar-refractivity contribution in [2.75, 3.05) is 48.0 Å². The summed E-state index contributed by atoms with van der Waals surface area (Å²) in [7, 11) is 6.76. The van der Waals surface area contributed by atoms with Gasteiger partial charge in [-0.1, -0.05) is 122 Å². The summed E-state index contributed by atoms with van der Waals surface area (Å²) in [5, 5.41) is 0. The molecule has 0 radical (unpaired) electrons. The highest BCUT2D eigenvalue weighted by Crippen LogP contribution is 2.43. The first-order chi connectivity index (χ1) is 41.8. The number of ether oxygens (including phenoxy) is 4. The number of allylic oxidation sites excluding steroid dienone is 2. The van der Waals surface area contributed by atoms with Crippen LogP contribution >= 0.6 is 0 Å². The van der Waals surface area contributed by atoms with Crippen LogP contribution in [0.3, 0.4) is 0 Å². The van der Waals surface area contributed by atoms with E-state index in [9.17, 15) is 0 Å². The summed E-state index contributed by atoms with van der Waals surface area (Å²) in [5.41, 5.74) is 18.6. The molecule has 85 heavy (non-hydrogen) atoms. The number of para-hydroxylation sites is 2. The van der Waals surface area contributed by atoms with Crippen molar-refractivity contribution < 1.29 is 18.9 Å². The quantitative estimate of drug-likeness (QED) is 0.0794. The fourth-order valence-electron chi connectivity index (χ4n) is 11.3. The van der Waals surface area contributed by atoms with Crippen molar-refractivity contribution in [3.8, 4) is 45.3 Å². The van der Waals surface area contributed by atoms with E-state index in [-0.39, 0.29) is 12.0 Å². The Hall–Kier alpha value is -10.7. The SMILES string of the molecule is COc1ccc(N(c2ccc(OC)cc2)c2ccc(C3=CC(C)[C@@H](N(c4ccccc4)c4ccc(-c5ccc(N(c6ccccc6)c6ccc(-c7ccc(N(c8ccc(OC)cc8)c8ccc(OC)cc8)cc7)cc6)cc5)cc4)C=C3)cc2)cc1. The largest absolute Gasteiger partial charge is 0.497 e. The third-order valence-electron chi connectivity index (χ3n) is 15.8. The van der Waals surface area contributed by atoms with Crippen LogP contribution in [0.1, 0.15) is 12.5 Å². The average molecular weight is 1110 g/mol. The van der Waals surface area contributed by atoms with Crippen LogP contribution < -0.4 is 38.5 Å². The topological polar surface area (TPSA) is 49.9 Å². The second kappa shape index (κ2) is 25.2. The van der Waals surface area contributed by atoms with Crippen molar-refractivity contribution in [3.63, 3.8) is 0 Å². The standard InChI is InChI=1S/C77H66N4O4/c1-55-54-61(60-24-33-67(34-25-60)80(70-41-49-75(84-4)50-42-70)71-43-51-76(85-5)52-44-71)26-53-77(55)81(63-14-10-7-11-15-63)72-35-22-59(23-36-72)58-18-29-65(30-19-58)78(62-12-8-6-9-13-62)64-27-16-56(17-28-64)57-20-31-66(32-21-57)79(68-37-45-73(82-2)46-38-68)69-39-47-74(83-3)48-40-69/h6-55,77H,1-5H3/t55?,77-/m0/s1. The van der Waals surface area contributed by atoms with Crippen LogP contribution in [0, 0.1) is 5.92 Å². The first kappa shape index (κ1) is 54.9. The van der Waals surface area contributed by atoms with Crippen LogP contribution in [-0.4, -0.2) is 34.5 Å². The molecule has 0 fully saturated rings. The van der Waals surface area contributed by atoms with Gasteiger partial charge in [0.15, 0.2) is 0 Å². The molecule has 11 aromatic rings. The van der Waals surface area contributed by atoms with Crippen LogP contribution in [0.15, 0.2) is 297 Å². The van der Waals surface area contributed by atoms with Crippen molar-refractivity contribution in [2.24, 2.45) is 5.92 Å². The summed E-state index contributed by atoms with van der Waals surface area (Å²) in [6, 6.07) is 98.3. The fraction of sp³-hybridized carbons (Fsp3) is 0.0909. The van der Waals surface area contributed by atoms with Crippen LogP contribution in [0.25, 0.3) is 27.8 Å². The molecule has 418 valence electrons. The van der Waals surface area contributed by atoms with E-state index >= 15 is 0 Å². The van der Waals surface area contributed by atoms with Crippen molar-refractivity contribution in [2.45, 2.75) is 13.0 Å². The Labute approximate surface area is 499 Å². The normalized spacial score (nSPS) is 13.5. The fourth-order valence-corrected chi connectivity index (χ4v) is 11.3. The molecule has 1 aliphatic rings. The van der Waals surface area contributed by atoms with E-state index in [1.54, 1.807) is 28.4 Å². The number of rotatable bonds is 19. The van der Waals surface area contributed by atoms with E-state index in [2.05, 4.69) is 275 Å². The molecule has 11 aromatic carbocycles. The van der Waals surface area contributed by atoms with E-state index in [0.717, 1.165) is 108 Å². The molecule has 8 heteroatoms. The summed E-state index contributed by atoms with van der Waals surface area (Å²) >= 11 is 0. The lowest BCUT2D eigenvalue weighted by atomic mass is 9.88. The molecule has 1 unspecified atom stereocenters. The number of benzene rings is 11. The number of methoxy groups -OCH3 is 4. The number of anilines is 11. The minimum Gasteiger partial charge on any atom is -0.497 e. The molecule has 0 aromatic heterocycles. The van der Waals surface area contributed by atoms with Gasteiger partial charge in [0.1, 0.15) is 23.0 Å². The Balaban J connectivity index is 0.761. The molecular formula is C77H66N4O4. The van der Waals surface area contributed by atoms with Gasteiger partial charge in [0.25, 0.3) is 0 Å². The van der Waals surface area contributed by atoms with Crippen LogP contribution in [-0.2, 0) is 0 Å². The lowest BCUT2D eigenvalue weighted by Gasteiger charge is -2.37. The predicted molar refractivity (Wildman–Crippen MR) is 353 cm³/mol. The van der Waals surface area contributed by atoms with E-state index in [0.29, 0.717) is 0 Å². The first-order valence-electron chi connectivity index (χ1n) is 28.6. The van der Waals surface area contributed by atoms with E-state index in [1.807, 2.05) is 48.5 Å². The Bertz CT molecular complexity index is 3910. The number of hydrogen-bond acceptors (Lipinski definition) is 8. The third-order valence-corrected chi connectivity index (χ3v) is 15.8. The molecule has 8 nitrogen and oxygen atoms in total. The lowest BCUT2D eigenvalue weighted by molar-refractivity contribution is 0.414. The summed E-state index contributed by atoms with van der Waals surface area (Å²) in [6.45, 7) is 2.32. The molecule has 0 saturated carbocycles. The first-order valence-corrected chi connectivity index (χ1v) is 28.6. The van der Waals surface area contributed by atoms with Gasteiger partial charge in [0.05, 0.1) is 34.5 Å². The third kappa shape index (κ3) is 12.0. The predicted octanol–water partition coefficient (Wildman–Crippen LogP) is 20.3. The van der Waals surface area contributed by atoms with Crippen molar-refractivity contribution >= 4 is 68.1 Å². The van der Waals surface area contributed by atoms with Crippen molar-refractivity contribution in [3.05, 3.63) is 303 Å². The summed E-state index contributed by atoms with van der Waals surface area (Å²) in [6.07, 6.45) is 7.05. The van der Waals surface area contributed by atoms with Crippen molar-refractivity contribution in [1.82, 2.24) is 0 Å². The van der Waals surface area contributed by atoms with Gasteiger partial charge < -0.3 is 38.5 Å². The Morgan fingerprint density at radius 2 is 0.494 bits per heavy atom. The smallest absolute Gasteiger partial charge is 0.119 e. The van der Waals surface area contributed by atoms with Gasteiger partial charge in [-0.2, -0.15) is 0 Å². The summed E-state index contributed by atoms with van der Waals surface area (Å²) in [5.74, 6) is 3.45. The second-order valence-corrected chi connectivity index (χ2v) is 20.9. The zero-order valence-electron chi connectivity index (χ0n) is 48.4. The minimum atomic E-state index is 0.0854. The molecule has 0 saturated heterocycles. The molecule has 0 aliphatic heterocycles. The molecule has 0 amide bonds. The monoisotopic (exact) mass is 1110 g/mol. The lowest BCUT2D eigenvalue weighted by Crippen LogP contribution is -2.35. The van der Waals surface area contributed by atoms with E-state index in [4.69, 9.17) is 18.9 Å². The maximum atomic E-state index is 5.48. The van der Waals surface area contributed by atoms with Gasteiger partial charge in [0, 0.05) is 62.6 Å². The minimum absolute atomic E-state index is 0.0854. The highest BCUT2D eigenvalue weighted by Gasteiger charge is 2.27. The van der Waals surface area contributed by atoms with E-state index < -0.39 is 0 Å². The Morgan fingerprint density at radius 1 is 0.259 bits per heavy atom. The molecule has 12 rings (SSSR count). The molecule has 1 aliphatic carbocycles. The van der Waals surface area contributed by atoms with Gasteiger partial charge in [-0.3, -0.25) is 0 Å². The molecule has 0 N–H and O–H groups in total. The maximum absolute atomic E-state index is 5.48. The molecular weight excluding hydrogens is 1040 g/mol. The Morgan fingerprint density at radius 3 is 0.776 bits per heavy atom. The van der Waals surface area contributed by atoms with E-state index in [1.165, 1.54) is 11.1 Å². The highest BCUT2D eigenvalue weighted by molar-refractivity contribution is 5.84. The zero-order chi connectivity index (χ0) is 58.1. The van der Waals surface area contributed by atoms with Gasteiger partial charge in [-0.05, 0) is 221 Å². The molecule has 2 atom stereocenters. The number of nitrogens with zero attached hydrogens (tertiary/aromatic N) is 4. The molecule has 0 heterocycles. The summed E-state index contributed by atoms with van der Waals surface area (Å²) in [4.78, 5) is 9.26. The average Bonchev–Trinajstić information content (AvgIpc) is 3.75. The second-order valence-electron chi connectivity index (χ2n) is 20.9. The number of hydrogen-bond donors (Lipinski definition) is 0. The molecule has 0 bridgehead atoms. The maximum Gasteiger partial charge on any atom is 0.119 e.